The van der Waals surface area contributed by atoms with Crippen LogP contribution in [0.1, 0.15) is 38.3 Å². The molecule has 0 fully saturated rings. The Kier molecular flexibility index (Phi) is 6.95. The summed E-state index contributed by atoms with van der Waals surface area (Å²) in [6.45, 7) is 5.47. The molecule has 1 aromatic rings. The first-order valence-electron chi connectivity index (χ1n) is 6.95. The molecule has 114 valence electrons. The largest absolute Gasteiger partial charge is 0.492 e. The van der Waals surface area contributed by atoms with Gasteiger partial charge in [0.05, 0.1) is 18.6 Å². The van der Waals surface area contributed by atoms with E-state index >= 15 is 0 Å². The van der Waals surface area contributed by atoms with Gasteiger partial charge in [-0.2, -0.15) is 0 Å². The molecule has 0 radical (unpaired) electrons. The molecule has 0 aliphatic rings. The van der Waals surface area contributed by atoms with Crippen LogP contribution in [-0.4, -0.2) is 38.6 Å². The quantitative estimate of drug-likeness (QED) is 0.755. The second-order valence-corrected chi connectivity index (χ2v) is 7.09. The highest BCUT2D eigenvalue weighted by atomic mass is 32.2. The molecule has 0 saturated carbocycles. The predicted octanol–water partition coefficient (Wildman–Crippen LogP) is 1.96. The fourth-order valence-corrected chi connectivity index (χ4v) is 2.74. The van der Waals surface area contributed by atoms with Crippen molar-refractivity contribution in [2.45, 2.75) is 32.7 Å². The Morgan fingerprint density at radius 2 is 2.05 bits per heavy atom. The van der Waals surface area contributed by atoms with Gasteiger partial charge in [-0.1, -0.05) is 13.8 Å². The number of nitrogens with zero attached hydrogens (tertiary/aromatic N) is 1. The first kappa shape index (κ1) is 16.9. The van der Waals surface area contributed by atoms with Crippen molar-refractivity contribution in [2.75, 3.05) is 25.2 Å². The molecule has 1 atom stereocenters. The lowest BCUT2D eigenvalue weighted by atomic mass is 10.1. The van der Waals surface area contributed by atoms with Gasteiger partial charge in [0, 0.05) is 18.5 Å². The maximum atomic E-state index is 11.5. The number of nitrogens with one attached hydrogen (secondary N) is 1. The summed E-state index contributed by atoms with van der Waals surface area (Å²) < 4.78 is 28.6. The first-order chi connectivity index (χ1) is 9.46. The van der Waals surface area contributed by atoms with Crippen molar-refractivity contribution in [2.24, 2.45) is 0 Å². The lowest BCUT2D eigenvalue weighted by Gasteiger charge is -2.18. The molecule has 1 heterocycles. The van der Waals surface area contributed by atoms with Crippen molar-refractivity contribution < 1.29 is 13.2 Å². The number of ether oxygens (including phenoxy) is 1. The molecule has 20 heavy (non-hydrogen) atoms. The minimum absolute atomic E-state index is 0.0614. The molecular formula is C14H24N2O3S. The topological polar surface area (TPSA) is 68.3 Å². The van der Waals surface area contributed by atoms with Crippen molar-refractivity contribution in [1.29, 1.82) is 0 Å². The van der Waals surface area contributed by atoms with Crippen LogP contribution in [0.2, 0.25) is 0 Å². The zero-order valence-corrected chi connectivity index (χ0v) is 13.2. The lowest BCUT2D eigenvalue weighted by molar-refractivity contribution is 0.315. The van der Waals surface area contributed by atoms with Crippen molar-refractivity contribution in [3.63, 3.8) is 0 Å². The van der Waals surface area contributed by atoms with E-state index in [1.165, 1.54) is 6.26 Å². The highest BCUT2D eigenvalue weighted by Gasteiger charge is 2.17. The zero-order valence-electron chi connectivity index (χ0n) is 12.4. The van der Waals surface area contributed by atoms with Crippen LogP contribution in [0.25, 0.3) is 0 Å². The molecule has 1 unspecified atom stereocenters. The van der Waals surface area contributed by atoms with E-state index in [1.807, 2.05) is 19.9 Å². The summed E-state index contributed by atoms with van der Waals surface area (Å²) in [7, 11) is -3.06. The van der Waals surface area contributed by atoms with Gasteiger partial charge in [0.25, 0.3) is 0 Å². The normalized spacial score (nSPS) is 13.2. The molecular weight excluding hydrogens is 276 g/mol. The number of hydrogen-bond acceptors (Lipinski definition) is 5. The first-order valence-corrected chi connectivity index (χ1v) is 9.01. The molecule has 5 nitrogen and oxygen atoms in total. The number of hydrogen-bond donors (Lipinski definition) is 1. The molecule has 0 bridgehead atoms. The summed E-state index contributed by atoms with van der Waals surface area (Å²) in [6.07, 6.45) is 6.46. The van der Waals surface area contributed by atoms with Crippen LogP contribution in [-0.2, 0) is 9.84 Å². The third-order valence-corrected chi connectivity index (χ3v) is 3.66. The molecule has 1 aromatic heterocycles. The maximum Gasteiger partial charge on any atom is 0.149 e. The maximum absolute atomic E-state index is 11.5. The Hall–Kier alpha value is -1.14. The van der Waals surface area contributed by atoms with Crippen molar-refractivity contribution >= 4 is 9.84 Å². The molecule has 0 aliphatic carbocycles. The van der Waals surface area contributed by atoms with E-state index in [1.54, 1.807) is 12.4 Å². The smallest absolute Gasteiger partial charge is 0.149 e. The SMILES string of the molecule is CCCNC(CS(C)(=O)=O)c1cncc(OCCC)c1. The van der Waals surface area contributed by atoms with E-state index in [9.17, 15) is 8.42 Å². The minimum atomic E-state index is -3.06. The van der Waals surface area contributed by atoms with Crippen molar-refractivity contribution in [3.05, 3.63) is 24.0 Å². The highest BCUT2D eigenvalue weighted by molar-refractivity contribution is 7.90. The van der Waals surface area contributed by atoms with Crippen LogP contribution in [0.5, 0.6) is 5.75 Å². The number of rotatable bonds is 9. The van der Waals surface area contributed by atoms with Gasteiger partial charge in [-0.15, -0.1) is 0 Å². The van der Waals surface area contributed by atoms with Gasteiger partial charge in [0.1, 0.15) is 15.6 Å². The molecule has 0 aliphatic heterocycles. The number of pyridine rings is 1. The summed E-state index contributed by atoms with van der Waals surface area (Å²) in [5.74, 6) is 0.743. The monoisotopic (exact) mass is 300 g/mol. The van der Waals surface area contributed by atoms with Crippen LogP contribution >= 0.6 is 0 Å². The van der Waals surface area contributed by atoms with Crippen molar-refractivity contribution in [3.8, 4) is 5.75 Å². The van der Waals surface area contributed by atoms with E-state index in [2.05, 4.69) is 10.3 Å². The van der Waals surface area contributed by atoms with Gasteiger partial charge in [0.15, 0.2) is 0 Å². The van der Waals surface area contributed by atoms with E-state index in [-0.39, 0.29) is 11.8 Å². The van der Waals surface area contributed by atoms with Gasteiger partial charge in [-0.25, -0.2) is 8.42 Å². The molecule has 1 N–H and O–H groups in total. The minimum Gasteiger partial charge on any atom is -0.492 e. The second-order valence-electron chi connectivity index (χ2n) is 4.90. The Bertz CT molecular complexity index is 503. The van der Waals surface area contributed by atoms with Gasteiger partial charge in [0.2, 0.25) is 0 Å². The van der Waals surface area contributed by atoms with Crippen LogP contribution in [0.15, 0.2) is 18.5 Å². The van der Waals surface area contributed by atoms with Gasteiger partial charge < -0.3 is 10.1 Å². The third-order valence-electron chi connectivity index (χ3n) is 2.72. The lowest BCUT2D eigenvalue weighted by Crippen LogP contribution is -2.28. The Morgan fingerprint density at radius 3 is 2.65 bits per heavy atom. The summed E-state index contributed by atoms with van der Waals surface area (Å²) in [5, 5.41) is 3.25. The molecule has 0 aromatic carbocycles. The standard InChI is InChI=1S/C14H24N2O3S/c1-4-6-16-14(11-20(3,17)18)12-8-13(10-15-9-12)19-7-5-2/h8-10,14,16H,4-7,11H2,1-3H3. The number of aromatic nitrogens is 1. The Labute approximate surface area is 121 Å². The summed E-state index contributed by atoms with van der Waals surface area (Å²) in [4.78, 5) is 4.14. The number of sulfone groups is 1. The molecule has 0 amide bonds. The molecule has 1 rings (SSSR count). The van der Waals surface area contributed by atoms with Crippen LogP contribution in [0, 0.1) is 0 Å². The Morgan fingerprint density at radius 1 is 1.30 bits per heavy atom. The summed E-state index contributed by atoms with van der Waals surface area (Å²) in [5.41, 5.74) is 0.845. The zero-order chi connectivity index (χ0) is 15.0. The van der Waals surface area contributed by atoms with E-state index in [4.69, 9.17) is 4.74 Å². The fourth-order valence-electron chi connectivity index (χ4n) is 1.82. The summed E-state index contributed by atoms with van der Waals surface area (Å²) in [6, 6.07) is 1.61. The van der Waals surface area contributed by atoms with Gasteiger partial charge in [-0.05, 0) is 31.0 Å². The predicted molar refractivity (Wildman–Crippen MR) is 80.8 cm³/mol. The van der Waals surface area contributed by atoms with E-state index in [0.717, 1.165) is 24.9 Å². The van der Waals surface area contributed by atoms with E-state index < -0.39 is 9.84 Å². The highest BCUT2D eigenvalue weighted by Crippen LogP contribution is 2.19. The van der Waals surface area contributed by atoms with Crippen LogP contribution in [0.4, 0.5) is 0 Å². The van der Waals surface area contributed by atoms with E-state index in [0.29, 0.717) is 12.4 Å². The second kappa shape index (κ2) is 8.21. The fraction of sp³-hybridized carbons (Fsp3) is 0.643. The molecule has 6 heteroatoms. The average Bonchev–Trinajstić information content (AvgIpc) is 2.40. The summed E-state index contributed by atoms with van der Waals surface area (Å²) >= 11 is 0. The van der Waals surface area contributed by atoms with Gasteiger partial charge >= 0.3 is 0 Å². The van der Waals surface area contributed by atoms with Crippen LogP contribution in [0.3, 0.4) is 0 Å². The third kappa shape index (κ3) is 6.34. The molecule has 0 saturated heterocycles. The van der Waals surface area contributed by atoms with Gasteiger partial charge in [-0.3, -0.25) is 4.98 Å². The van der Waals surface area contributed by atoms with Crippen LogP contribution < -0.4 is 10.1 Å². The average molecular weight is 300 g/mol. The molecule has 0 spiro atoms. The Balaban J connectivity index is 2.88. The van der Waals surface area contributed by atoms with Crippen molar-refractivity contribution in [1.82, 2.24) is 10.3 Å².